The van der Waals surface area contributed by atoms with Crippen molar-refractivity contribution in [3.05, 3.63) is 24.8 Å². The maximum atomic E-state index is 7.38. The number of allylic oxidation sites excluding steroid dienone is 3. The summed E-state index contributed by atoms with van der Waals surface area (Å²) in [4.78, 5) is 0. The fourth-order valence-electron chi connectivity index (χ4n) is 0.136. The van der Waals surface area contributed by atoms with Gasteiger partial charge in [-0.15, -0.1) is 0 Å². The molecule has 0 atom stereocenters. The molecule has 60 valence electrons. The van der Waals surface area contributed by atoms with Crippen LogP contribution in [0.2, 0.25) is 0 Å². The molecule has 0 unspecified atom stereocenters. The van der Waals surface area contributed by atoms with E-state index >= 15 is 0 Å². The van der Waals surface area contributed by atoms with E-state index in [4.69, 9.17) is 14.8 Å². The molecule has 0 saturated heterocycles. The Bertz CT molecular complexity index is 98.7. The molecule has 0 radical (unpaired) electrons. The molecule has 5 heteroatoms. The molecule has 0 aromatic heterocycles. The SMILES string of the molecule is C=C/C=C/C.[OH][Ti]([OH])([OH])[OH]. The molecular formula is C5H12O4Ti. The van der Waals surface area contributed by atoms with E-state index in [1.807, 2.05) is 19.1 Å². The zero-order chi connectivity index (χ0) is 8.62. The summed E-state index contributed by atoms with van der Waals surface area (Å²) in [5.41, 5.74) is 0. The van der Waals surface area contributed by atoms with E-state index in [0.717, 1.165) is 0 Å². The predicted molar refractivity (Wildman–Crippen MR) is 33.9 cm³/mol. The van der Waals surface area contributed by atoms with Gasteiger partial charge in [0.05, 0.1) is 0 Å². The fourth-order valence-corrected chi connectivity index (χ4v) is 0.136. The quantitative estimate of drug-likeness (QED) is 0.327. The Balaban J connectivity index is 0. The van der Waals surface area contributed by atoms with E-state index in [2.05, 4.69) is 6.58 Å². The summed E-state index contributed by atoms with van der Waals surface area (Å²) in [6.45, 7) is 5.42. The molecule has 0 amide bonds. The molecule has 0 aromatic rings. The van der Waals surface area contributed by atoms with Gasteiger partial charge >= 0.3 is 32.9 Å². The van der Waals surface area contributed by atoms with E-state index in [1.54, 1.807) is 6.08 Å². The molecule has 10 heavy (non-hydrogen) atoms. The van der Waals surface area contributed by atoms with Gasteiger partial charge in [0.15, 0.2) is 0 Å². The summed E-state index contributed by atoms with van der Waals surface area (Å²) in [5.74, 6) is 0. The topological polar surface area (TPSA) is 80.9 Å². The van der Waals surface area contributed by atoms with Crippen molar-refractivity contribution in [1.29, 1.82) is 0 Å². The van der Waals surface area contributed by atoms with Gasteiger partial charge in [0.2, 0.25) is 0 Å². The Morgan fingerprint density at radius 3 is 1.50 bits per heavy atom. The van der Waals surface area contributed by atoms with E-state index < -0.39 is 18.1 Å². The van der Waals surface area contributed by atoms with Gasteiger partial charge in [-0.2, -0.15) is 0 Å². The number of rotatable bonds is 1. The normalized spacial score (nSPS) is 10.5. The first-order chi connectivity index (χ1) is 4.41. The van der Waals surface area contributed by atoms with E-state index in [0.29, 0.717) is 0 Å². The zero-order valence-corrected chi connectivity index (χ0v) is 7.29. The van der Waals surface area contributed by atoms with Crippen LogP contribution in [0.4, 0.5) is 0 Å². The molecule has 0 heterocycles. The fraction of sp³-hybridized carbons (Fsp3) is 0.200. The Labute approximate surface area is 65.0 Å². The van der Waals surface area contributed by atoms with Crippen LogP contribution in [0.25, 0.3) is 0 Å². The van der Waals surface area contributed by atoms with Crippen molar-refractivity contribution >= 4 is 0 Å². The van der Waals surface area contributed by atoms with E-state index in [-0.39, 0.29) is 0 Å². The minimum atomic E-state index is -5.00. The van der Waals surface area contributed by atoms with Crippen molar-refractivity contribution in [1.82, 2.24) is 0 Å². The van der Waals surface area contributed by atoms with Crippen molar-refractivity contribution in [2.75, 3.05) is 0 Å². The first-order valence-corrected chi connectivity index (χ1v) is 5.34. The second-order valence-electron chi connectivity index (χ2n) is 1.36. The van der Waals surface area contributed by atoms with Gasteiger partial charge in [-0.05, 0) is 6.92 Å². The van der Waals surface area contributed by atoms with Crippen LogP contribution in [0.5, 0.6) is 0 Å². The van der Waals surface area contributed by atoms with Crippen LogP contribution in [0, 0.1) is 0 Å². The number of hydrogen-bond acceptors (Lipinski definition) is 4. The van der Waals surface area contributed by atoms with Crippen molar-refractivity contribution < 1.29 is 32.9 Å². The third kappa shape index (κ3) is 96.1. The van der Waals surface area contributed by atoms with Crippen molar-refractivity contribution in [3.8, 4) is 0 Å². The van der Waals surface area contributed by atoms with Crippen LogP contribution in [-0.2, 0) is 18.1 Å². The van der Waals surface area contributed by atoms with Gasteiger partial charge < -0.3 is 0 Å². The van der Waals surface area contributed by atoms with E-state index in [9.17, 15) is 0 Å². The van der Waals surface area contributed by atoms with Crippen LogP contribution >= 0.6 is 0 Å². The summed E-state index contributed by atoms with van der Waals surface area (Å²) in [6.07, 6.45) is 5.58. The Kier molecular flexibility index (Phi) is 9.07. The second-order valence-corrected chi connectivity index (χ2v) is 3.24. The molecule has 0 aliphatic rings. The van der Waals surface area contributed by atoms with Crippen LogP contribution in [-0.4, -0.2) is 14.8 Å². The molecule has 0 aliphatic carbocycles. The van der Waals surface area contributed by atoms with E-state index in [1.165, 1.54) is 0 Å². The van der Waals surface area contributed by atoms with Crippen molar-refractivity contribution in [2.24, 2.45) is 0 Å². The molecule has 0 rings (SSSR count). The van der Waals surface area contributed by atoms with Gasteiger partial charge in [-0.3, -0.25) is 0 Å². The van der Waals surface area contributed by atoms with Gasteiger partial charge in [0.25, 0.3) is 0 Å². The minimum absolute atomic E-state index is 1.75. The third-order valence-electron chi connectivity index (χ3n) is 0.329. The van der Waals surface area contributed by atoms with Crippen LogP contribution in [0.3, 0.4) is 0 Å². The molecule has 0 aromatic carbocycles. The predicted octanol–water partition coefficient (Wildman–Crippen LogP) is -0.482. The molecule has 0 spiro atoms. The monoisotopic (exact) mass is 184 g/mol. The molecular weight excluding hydrogens is 172 g/mol. The van der Waals surface area contributed by atoms with Crippen LogP contribution < -0.4 is 0 Å². The molecule has 0 saturated carbocycles. The summed E-state index contributed by atoms with van der Waals surface area (Å²) in [6, 6.07) is 0. The molecule has 0 bridgehead atoms. The van der Waals surface area contributed by atoms with Crippen LogP contribution in [0.15, 0.2) is 24.8 Å². The number of hydrogen-bond donors (Lipinski definition) is 4. The third-order valence-corrected chi connectivity index (χ3v) is 0.329. The Morgan fingerprint density at radius 1 is 1.20 bits per heavy atom. The van der Waals surface area contributed by atoms with Gasteiger partial charge in [-0.25, -0.2) is 0 Å². The van der Waals surface area contributed by atoms with Gasteiger partial charge in [-0.1, -0.05) is 24.8 Å². The average molecular weight is 184 g/mol. The zero-order valence-electron chi connectivity index (χ0n) is 5.73. The van der Waals surface area contributed by atoms with Gasteiger partial charge in [0.1, 0.15) is 0 Å². The van der Waals surface area contributed by atoms with Gasteiger partial charge in [0, 0.05) is 0 Å². The first-order valence-electron chi connectivity index (χ1n) is 2.55. The molecule has 4 nitrogen and oxygen atoms in total. The molecule has 4 N–H and O–H groups in total. The van der Waals surface area contributed by atoms with Crippen LogP contribution in [0.1, 0.15) is 6.92 Å². The summed E-state index contributed by atoms with van der Waals surface area (Å²) in [5, 5.41) is 0. The Morgan fingerprint density at radius 2 is 1.50 bits per heavy atom. The van der Waals surface area contributed by atoms with Crippen molar-refractivity contribution in [3.63, 3.8) is 0 Å². The summed E-state index contributed by atoms with van der Waals surface area (Å²) >= 11 is -5.00. The Hall–Kier alpha value is 0.0343. The standard InChI is InChI=1S/C5H8.4H2O.Ti/c1-3-5-4-2;;;;;/h3-5H,1H2,2H3;4*1H2;/q;;;;;+4/p-4/b5-4+;;;;;. The summed E-state index contributed by atoms with van der Waals surface area (Å²) < 4.78 is 29.5. The maximum absolute atomic E-state index is 7.38. The van der Waals surface area contributed by atoms with Crippen molar-refractivity contribution in [2.45, 2.75) is 6.92 Å². The summed E-state index contributed by atoms with van der Waals surface area (Å²) in [7, 11) is 0. The average Bonchev–Trinajstić information content (AvgIpc) is 1.63. The molecule has 0 aliphatic heterocycles. The molecule has 0 fully saturated rings. The second kappa shape index (κ2) is 7.14. The first kappa shape index (κ1) is 12.7.